The highest BCUT2D eigenvalue weighted by Gasteiger charge is 2.55. The third-order valence-electron chi connectivity index (χ3n) is 5.06. The summed E-state index contributed by atoms with van der Waals surface area (Å²) in [5.74, 6) is -1.90. The summed E-state index contributed by atoms with van der Waals surface area (Å²) in [4.78, 5) is 25.6. The molecule has 2 unspecified atom stereocenters. The Morgan fingerprint density at radius 3 is 2.68 bits per heavy atom. The molecule has 2 heterocycles. The van der Waals surface area contributed by atoms with E-state index in [2.05, 4.69) is 0 Å². The van der Waals surface area contributed by atoms with Crippen LogP contribution in [0.3, 0.4) is 0 Å². The van der Waals surface area contributed by atoms with Gasteiger partial charge in [-0.1, -0.05) is 12.1 Å². The number of hydrogen-bond acceptors (Lipinski definition) is 7. The van der Waals surface area contributed by atoms with Gasteiger partial charge in [-0.05, 0) is 12.1 Å². The Bertz CT molecular complexity index is 993. The fourth-order valence-electron chi connectivity index (χ4n) is 3.87. The fraction of sp³-hybridized carbons (Fsp3) is 0.222. The number of carbonyl (C=O) groups excluding carboxylic acids is 2. The van der Waals surface area contributed by atoms with Crippen LogP contribution in [0.4, 0.5) is 0 Å². The molecular weight excluding hydrogens is 328 g/mol. The maximum Gasteiger partial charge on any atom is 0.233 e. The van der Waals surface area contributed by atoms with Crippen LogP contribution in [-0.2, 0) is 10.3 Å². The molecule has 126 valence electrons. The molecule has 0 aromatic heterocycles. The van der Waals surface area contributed by atoms with Gasteiger partial charge in [0.15, 0.2) is 11.4 Å². The summed E-state index contributed by atoms with van der Waals surface area (Å²) >= 11 is 0. The number of ether oxygens (including phenoxy) is 2. The molecule has 1 saturated heterocycles. The number of rotatable bonds is 0. The number of benzene rings is 2. The second-order valence-corrected chi connectivity index (χ2v) is 6.37. The van der Waals surface area contributed by atoms with E-state index in [1.807, 2.05) is 0 Å². The first-order valence-electron chi connectivity index (χ1n) is 7.76. The molecule has 7 heteroatoms. The van der Waals surface area contributed by atoms with Crippen LogP contribution in [0.25, 0.3) is 0 Å². The molecule has 2 atom stereocenters. The van der Waals surface area contributed by atoms with E-state index in [9.17, 15) is 24.9 Å². The van der Waals surface area contributed by atoms with E-state index in [0.29, 0.717) is 0 Å². The lowest BCUT2D eigenvalue weighted by atomic mass is 9.80. The Balaban J connectivity index is 1.82. The number of aliphatic hydroxyl groups is 1. The zero-order valence-corrected chi connectivity index (χ0v) is 12.8. The van der Waals surface area contributed by atoms with E-state index in [1.54, 1.807) is 0 Å². The van der Waals surface area contributed by atoms with Gasteiger partial charge in [0, 0.05) is 17.5 Å². The standard InChI is InChI=1S/C18H12O7/c19-9-3-1-2-7-11(9)15(21)12-8(14(7)20)6-10-13(16(12)22)18(23)4-5-24-17(18)25-10/h1-3,6,17,19,22-23H,4-5H2. The second-order valence-electron chi connectivity index (χ2n) is 6.37. The van der Waals surface area contributed by atoms with Crippen molar-refractivity contribution < 1.29 is 34.4 Å². The molecule has 5 rings (SSSR count). The first-order valence-corrected chi connectivity index (χ1v) is 7.76. The smallest absolute Gasteiger partial charge is 0.233 e. The van der Waals surface area contributed by atoms with Crippen molar-refractivity contribution in [3.8, 4) is 17.2 Å². The normalized spacial score (nSPS) is 25.9. The molecule has 0 saturated carbocycles. The van der Waals surface area contributed by atoms with Crippen molar-refractivity contribution in [2.24, 2.45) is 0 Å². The van der Waals surface area contributed by atoms with Gasteiger partial charge in [0.05, 0.1) is 23.3 Å². The maximum atomic E-state index is 12.9. The van der Waals surface area contributed by atoms with E-state index in [-0.39, 0.29) is 52.3 Å². The molecule has 2 aromatic carbocycles. The topological polar surface area (TPSA) is 113 Å². The van der Waals surface area contributed by atoms with Crippen LogP contribution in [-0.4, -0.2) is 39.8 Å². The third-order valence-corrected chi connectivity index (χ3v) is 5.06. The predicted octanol–water partition coefficient (Wildman–Crippen LogP) is 1.20. The Labute approximate surface area is 141 Å². The minimum atomic E-state index is -1.57. The highest BCUT2D eigenvalue weighted by atomic mass is 16.7. The molecule has 1 fully saturated rings. The lowest BCUT2D eigenvalue weighted by molar-refractivity contribution is -0.123. The second kappa shape index (κ2) is 4.38. The largest absolute Gasteiger partial charge is 0.507 e. The number of ketones is 2. The highest BCUT2D eigenvalue weighted by molar-refractivity contribution is 6.30. The van der Waals surface area contributed by atoms with Gasteiger partial charge < -0.3 is 24.8 Å². The first kappa shape index (κ1) is 14.4. The van der Waals surface area contributed by atoms with Crippen LogP contribution in [0.1, 0.15) is 43.8 Å². The summed E-state index contributed by atoms with van der Waals surface area (Å²) in [6.45, 7) is 0.244. The predicted molar refractivity (Wildman–Crippen MR) is 82.0 cm³/mol. The van der Waals surface area contributed by atoms with Crippen molar-refractivity contribution in [2.45, 2.75) is 18.3 Å². The molecule has 2 aliphatic heterocycles. The number of hydrogen-bond donors (Lipinski definition) is 3. The number of fused-ring (bicyclic) bond motifs is 5. The molecule has 25 heavy (non-hydrogen) atoms. The Kier molecular flexibility index (Phi) is 2.53. The van der Waals surface area contributed by atoms with Gasteiger partial charge in [-0.3, -0.25) is 9.59 Å². The van der Waals surface area contributed by atoms with Gasteiger partial charge in [-0.2, -0.15) is 0 Å². The van der Waals surface area contributed by atoms with Crippen LogP contribution >= 0.6 is 0 Å². The van der Waals surface area contributed by atoms with Gasteiger partial charge in [0.1, 0.15) is 17.2 Å². The van der Waals surface area contributed by atoms with Gasteiger partial charge in [-0.25, -0.2) is 0 Å². The summed E-state index contributed by atoms with van der Waals surface area (Å²) in [5.41, 5.74) is -1.87. The Hall–Kier alpha value is -2.90. The minimum absolute atomic E-state index is 0.0251. The van der Waals surface area contributed by atoms with Crippen LogP contribution in [0.15, 0.2) is 24.3 Å². The van der Waals surface area contributed by atoms with Gasteiger partial charge in [0.2, 0.25) is 12.1 Å². The van der Waals surface area contributed by atoms with E-state index >= 15 is 0 Å². The molecular formula is C18H12O7. The SMILES string of the molecule is O=C1c2cccc(O)c2C(=O)c2c1cc1c(c2O)C2(O)CCOC2O1. The van der Waals surface area contributed by atoms with Crippen LogP contribution < -0.4 is 4.74 Å². The number of aromatic hydroxyl groups is 2. The van der Waals surface area contributed by atoms with Crippen molar-refractivity contribution in [1.29, 1.82) is 0 Å². The van der Waals surface area contributed by atoms with Gasteiger partial charge in [-0.15, -0.1) is 0 Å². The molecule has 0 spiro atoms. The van der Waals surface area contributed by atoms with Gasteiger partial charge in [0.25, 0.3) is 0 Å². The first-order chi connectivity index (χ1) is 11.9. The van der Waals surface area contributed by atoms with Crippen LogP contribution in [0.2, 0.25) is 0 Å². The maximum absolute atomic E-state index is 12.9. The van der Waals surface area contributed by atoms with E-state index in [4.69, 9.17) is 9.47 Å². The molecule has 7 nitrogen and oxygen atoms in total. The van der Waals surface area contributed by atoms with Crippen LogP contribution in [0.5, 0.6) is 17.2 Å². The summed E-state index contributed by atoms with van der Waals surface area (Å²) in [5, 5.41) is 31.5. The molecule has 3 N–H and O–H groups in total. The van der Waals surface area contributed by atoms with E-state index in [0.717, 1.165) is 0 Å². The number of carbonyl (C=O) groups is 2. The lowest BCUT2D eigenvalue weighted by Gasteiger charge is -2.23. The zero-order chi connectivity index (χ0) is 17.5. The van der Waals surface area contributed by atoms with Gasteiger partial charge >= 0.3 is 0 Å². The monoisotopic (exact) mass is 340 g/mol. The molecule has 0 radical (unpaired) electrons. The fourth-order valence-corrected chi connectivity index (χ4v) is 3.87. The average molecular weight is 340 g/mol. The van der Waals surface area contributed by atoms with Crippen LogP contribution in [0, 0.1) is 0 Å². The van der Waals surface area contributed by atoms with Crippen molar-refractivity contribution in [3.63, 3.8) is 0 Å². The summed E-state index contributed by atoms with van der Waals surface area (Å²) in [7, 11) is 0. The summed E-state index contributed by atoms with van der Waals surface area (Å²) in [6.07, 6.45) is -0.792. The number of phenols is 2. The molecule has 0 bridgehead atoms. The minimum Gasteiger partial charge on any atom is -0.507 e. The van der Waals surface area contributed by atoms with Crippen molar-refractivity contribution in [3.05, 3.63) is 52.1 Å². The number of phenolic OH excluding ortho intramolecular Hbond substituents is 2. The molecule has 1 aliphatic carbocycles. The van der Waals surface area contributed by atoms with Crippen molar-refractivity contribution in [2.75, 3.05) is 6.61 Å². The molecule has 2 aromatic rings. The zero-order valence-electron chi connectivity index (χ0n) is 12.8. The third kappa shape index (κ3) is 1.57. The van der Waals surface area contributed by atoms with E-state index < -0.39 is 29.2 Å². The summed E-state index contributed by atoms with van der Waals surface area (Å²) < 4.78 is 10.9. The molecule has 0 amide bonds. The average Bonchev–Trinajstić information content (AvgIpc) is 3.05. The van der Waals surface area contributed by atoms with Crippen molar-refractivity contribution >= 4 is 11.6 Å². The quantitative estimate of drug-likeness (QED) is 0.563. The Morgan fingerprint density at radius 2 is 1.88 bits per heavy atom. The Morgan fingerprint density at radius 1 is 1.08 bits per heavy atom. The summed E-state index contributed by atoms with van der Waals surface area (Å²) in [6, 6.07) is 5.55. The highest BCUT2D eigenvalue weighted by Crippen LogP contribution is 2.54. The lowest BCUT2D eigenvalue weighted by Crippen LogP contribution is -2.33. The molecule has 3 aliphatic rings. The van der Waals surface area contributed by atoms with E-state index in [1.165, 1.54) is 24.3 Å². The van der Waals surface area contributed by atoms with Crippen molar-refractivity contribution in [1.82, 2.24) is 0 Å².